The van der Waals surface area contributed by atoms with E-state index in [1.54, 1.807) is 11.0 Å². The number of carbonyl (C=O) groups is 1. The standard InChI is InChI=1S/C24H29FN2O2/c1-2-26-16-21(28)22(17-9-5-3-6-10-17)27-20-12-11-18(25)15-19(20)24(23(27)29)13-7-4-8-14-24/h3,5-6,9-12,15,21-22,26,28H,2,4,7-8,13-14,16H2,1H3. The first-order chi connectivity index (χ1) is 14.1. The molecule has 1 aliphatic carbocycles. The number of likely N-dealkylation sites (N-methyl/N-ethyl adjacent to an activating group) is 1. The summed E-state index contributed by atoms with van der Waals surface area (Å²) in [6.45, 7) is 3.10. The van der Waals surface area contributed by atoms with Crippen LogP contribution in [0.5, 0.6) is 0 Å². The maximum absolute atomic E-state index is 14.2. The van der Waals surface area contributed by atoms with E-state index in [4.69, 9.17) is 0 Å². The maximum atomic E-state index is 14.2. The van der Waals surface area contributed by atoms with Gasteiger partial charge in [-0.15, -0.1) is 0 Å². The third-order valence-electron chi connectivity index (χ3n) is 6.46. The number of carbonyl (C=O) groups excluding carboxylic acids is 1. The number of hydrogen-bond donors (Lipinski definition) is 2. The molecular weight excluding hydrogens is 367 g/mol. The molecule has 0 aromatic heterocycles. The van der Waals surface area contributed by atoms with Gasteiger partial charge in [0.2, 0.25) is 5.91 Å². The summed E-state index contributed by atoms with van der Waals surface area (Å²) in [5.41, 5.74) is 1.75. The molecule has 4 nitrogen and oxygen atoms in total. The summed E-state index contributed by atoms with van der Waals surface area (Å²) in [6, 6.07) is 13.8. The Balaban J connectivity index is 1.83. The van der Waals surface area contributed by atoms with Crippen molar-refractivity contribution in [2.45, 2.75) is 56.6 Å². The van der Waals surface area contributed by atoms with E-state index < -0.39 is 17.6 Å². The van der Waals surface area contributed by atoms with Crippen molar-refractivity contribution in [1.82, 2.24) is 5.32 Å². The third kappa shape index (κ3) is 3.47. The van der Waals surface area contributed by atoms with Gasteiger partial charge in [-0.2, -0.15) is 0 Å². The van der Waals surface area contributed by atoms with E-state index in [2.05, 4.69) is 5.32 Å². The van der Waals surface area contributed by atoms with E-state index in [0.717, 1.165) is 55.5 Å². The molecule has 1 spiro atoms. The van der Waals surface area contributed by atoms with Crippen molar-refractivity contribution in [3.8, 4) is 0 Å². The SMILES string of the molecule is CCNCC(O)C(c1ccccc1)N1C(=O)C2(CCCCC2)c2cc(F)ccc21. The molecule has 2 aliphatic rings. The van der Waals surface area contributed by atoms with Crippen LogP contribution in [0.4, 0.5) is 10.1 Å². The molecule has 2 aromatic rings. The van der Waals surface area contributed by atoms with Crippen molar-refractivity contribution < 1.29 is 14.3 Å². The molecule has 2 unspecified atom stereocenters. The van der Waals surface area contributed by atoms with Crippen LogP contribution in [0.25, 0.3) is 0 Å². The van der Waals surface area contributed by atoms with E-state index in [-0.39, 0.29) is 11.7 Å². The highest BCUT2D eigenvalue weighted by Gasteiger charge is 2.53. The lowest BCUT2D eigenvalue weighted by molar-refractivity contribution is -0.125. The Labute approximate surface area is 171 Å². The summed E-state index contributed by atoms with van der Waals surface area (Å²) in [5, 5.41) is 14.3. The van der Waals surface area contributed by atoms with Gasteiger partial charge in [0.15, 0.2) is 0 Å². The highest BCUT2D eigenvalue weighted by molar-refractivity contribution is 6.08. The first-order valence-corrected chi connectivity index (χ1v) is 10.7. The fraction of sp³-hybridized carbons (Fsp3) is 0.458. The van der Waals surface area contributed by atoms with E-state index in [9.17, 15) is 14.3 Å². The maximum Gasteiger partial charge on any atom is 0.238 e. The van der Waals surface area contributed by atoms with Crippen molar-refractivity contribution in [2.75, 3.05) is 18.0 Å². The minimum absolute atomic E-state index is 0.00204. The number of aliphatic hydroxyl groups is 1. The Morgan fingerprint density at radius 2 is 1.86 bits per heavy atom. The Bertz CT molecular complexity index is 864. The predicted octanol–water partition coefficient (Wildman–Crippen LogP) is 4.09. The summed E-state index contributed by atoms with van der Waals surface area (Å²) < 4.78 is 14.2. The summed E-state index contributed by atoms with van der Waals surface area (Å²) in [4.78, 5) is 15.7. The minimum atomic E-state index is -0.780. The molecule has 2 N–H and O–H groups in total. The molecule has 2 aromatic carbocycles. The van der Waals surface area contributed by atoms with Crippen LogP contribution >= 0.6 is 0 Å². The van der Waals surface area contributed by atoms with Gasteiger partial charge >= 0.3 is 0 Å². The van der Waals surface area contributed by atoms with Crippen molar-refractivity contribution >= 4 is 11.6 Å². The minimum Gasteiger partial charge on any atom is -0.389 e. The summed E-state index contributed by atoms with van der Waals surface area (Å²) in [7, 11) is 0. The molecule has 0 bridgehead atoms. The molecule has 0 radical (unpaired) electrons. The number of amides is 1. The molecule has 4 rings (SSSR count). The van der Waals surface area contributed by atoms with E-state index >= 15 is 0 Å². The number of anilines is 1. The fourth-order valence-electron chi connectivity index (χ4n) is 5.07. The van der Waals surface area contributed by atoms with Crippen LogP contribution < -0.4 is 10.2 Å². The Morgan fingerprint density at radius 3 is 2.55 bits per heavy atom. The lowest BCUT2D eigenvalue weighted by Crippen LogP contribution is -2.48. The number of fused-ring (bicyclic) bond motifs is 2. The van der Waals surface area contributed by atoms with Crippen LogP contribution in [-0.4, -0.2) is 30.2 Å². The predicted molar refractivity (Wildman–Crippen MR) is 112 cm³/mol. The molecule has 2 atom stereocenters. The molecule has 0 saturated heterocycles. The number of hydrogen-bond acceptors (Lipinski definition) is 3. The number of nitrogens with zero attached hydrogens (tertiary/aromatic N) is 1. The second-order valence-electron chi connectivity index (χ2n) is 8.21. The molecule has 1 fully saturated rings. The average Bonchev–Trinajstić information content (AvgIpc) is 2.96. The number of halogens is 1. The lowest BCUT2D eigenvalue weighted by atomic mass is 9.70. The average molecular weight is 397 g/mol. The number of nitrogens with one attached hydrogen (secondary N) is 1. The normalized spacial score (nSPS) is 20.0. The Morgan fingerprint density at radius 1 is 1.14 bits per heavy atom. The highest BCUT2D eigenvalue weighted by Crippen LogP contribution is 2.52. The van der Waals surface area contributed by atoms with Crippen LogP contribution in [0.15, 0.2) is 48.5 Å². The zero-order chi connectivity index (χ0) is 20.4. The molecule has 29 heavy (non-hydrogen) atoms. The summed E-state index contributed by atoms with van der Waals surface area (Å²) >= 11 is 0. The monoisotopic (exact) mass is 396 g/mol. The number of aliphatic hydroxyl groups excluding tert-OH is 1. The van der Waals surface area contributed by atoms with Crippen LogP contribution in [0, 0.1) is 5.82 Å². The largest absolute Gasteiger partial charge is 0.389 e. The van der Waals surface area contributed by atoms with Gasteiger partial charge in [-0.1, -0.05) is 56.5 Å². The van der Waals surface area contributed by atoms with Crippen molar-refractivity contribution in [1.29, 1.82) is 0 Å². The molecule has 1 aliphatic heterocycles. The van der Waals surface area contributed by atoms with Gasteiger partial charge < -0.3 is 15.3 Å². The Kier molecular flexibility index (Phi) is 5.70. The van der Waals surface area contributed by atoms with Gasteiger partial charge in [0.25, 0.3) is 0 Å². The summed E-state index contributed by atoms with van der Waals surface area (Å²) in [6.07, 6.45) is 3.73. The van der Waals surface area contributed by atoms with E-state index in [0.29, 0.717) is 6.54 Å². The Hall–Kier alpha value is -2.24. The van der Waals surface area contributed by atoms with Crippen LogP contribution in [0.1, 0.15) is 56.2 Å². The van der Waals surface area contributed by atoms with Gasteiger partial charge in [0.05, 0.1) is 17.6 Å². The zero-order valence-electron chi connectivity index (χ0n) is 16.9. The van der Waals surface area contributed by atoms with Crippen molar-refractivity contribution in [2.24, 2.45) is 0 Å². The topological polar surface area (TPSA) is 52.6 Å². The van der Waals surface area contributed by atoms with Gasteiger partial charge in [-0.05, 0) is 48.7 Å². The van der Waals surface area contributed by atoms with Crippen LogP contribution in [0.3, 0.4) is 0 Å². The van der Waals surface area contributed by atoms with Gasteiger partial charge in [0.1, 0.15) is 5.82 Å². The van der Waals surface area contributed by atoms with Gasteiger partial charge in [-0.3, -0.25) is 4.79 Å². The highest BCUT2D eigenvalue weighted by atomic mass is 19.1. The van der Waals surface area contributed by atoms with Crippen LogP contribution in [-0.2, 0) is 10.2 Å². The number of benzene rings is 2. The molecule has 1 saturated carbocycles. The quantitative estimate of drug-likeness (QED) is 0.773. The summed E-state index contributed by atoms with van der Waals surface area (Å²) in [5.74, 6) is -0.310. The number of rotatable bonds is 6. The zero-order valence-corrected chi connectivity index (χ0v) is 16.9. The molecule has 5 heteroatoms. The third-order valence-corrected chi connectivity index (χ3v) is 6.46. The van der Waals surface area contributed by atoms with Gasteiger partial charge in [-0.25, -0.2) is 4.39 Å². The second kappa shape index (κ2) is 8.25. The lowest BCUT2D eigenvalue weighted by Gasteiger charge is -2.36. The molecule has 154 valence electrons. The molecule has 1 heterocycles. The second-order valence-corrected chi connectivity index (χ2v) is 8.21. The van der Waals surface area contributed by atoms with E-state index in [1.807, 2.05) is 37.3 Å². The first kappa shape index (κ1) is 20.0. The fourth-order valence-corrected chi connectivity index (χ4v) is 5.07. The van der Waals surface area contributed by atoms with Gasteiger partial charge in [0, 0.05) is 12.2 Å². The molecule has 1 amide bonds. The first-order valence-electron chi connectivity index (χ1n) is 10.7. The van der Waals surface area contributed by atoms with Crippen molar-refractivity contribution in [3.63, 3.8) is 0 Å². The molecular formula is C24H29FN2O2. The van der Waals surface area contributed by atoms with Crippen LogP contribution in [0.2, 0.25) is 0 Å². The smallest absolute Gasteiger partial charge is 0.238 e. The van der Waals surface area contributed by atoms with Crippen molar-refractivity contribution in [3.05, 3.63) is 65.5 Å². The van der Waals surface area contributed by atoms with E-state index in [1.165, 1.54) is 12.1 Å².